The molecule has 0 saturated heterocycles. The highest BCUT2D eigenvalue weighted by Crippen LogP contribution is 2.21. The Kier molecular flexibility index (Phi) is 4.76. The number of rotatable bonds is 5. The van der Waals surface area contributed by atoms with Crippen LogP contribution in [0.15, 0.2) is 47.3 Å². The van der Waals surface area contributed by atoms with Gasteiger partial charge in [-0.3, -0.25) is 4.79 Å². The van der Waals surface area contributed by atoms with Gasteiger partial charge in [-0.1, -0.05) is 18.2 Å². The lowest BCUT2D eigenvalue weighted by Crippen LogP contribution is -2.27. The standard InChI is InChI=1S/C18H17F2N3O2/c1-2-23-14-9-4-3-8-13(14)22-17(18(23)25)21-10-15(24)16-11(19)6-5-7-12(16)20/h3-9,15,24H,2,10H2,1H3,(H,21,22). The van der Waals surface area contributed by atoms with Crippen LogP contribution in [0, 0.1) is 11.6 Å². The third-order valence-corrected chi connectivity index (χ3v) is 3.96. The fourth-order valence-electron chi connectivity index (χ4n) is 2.75. The molecule has 0 amide bonds. The van der Waals surface area contributed by atoms with E-state index in [4.69, 9.17) is 0 Å². The average Bonchev–Trinajstić information content (AvgIpc) is 2.60. The molecule has 0 fully saturated rings. The summed E-state index contributed by atoms with van der Waals surface area (Å²) in [7, 11) is 0. The lowest BCUT2D eigenvalue weighted by Gasteiger charge is -2.15. The van der Waals surface area contributed by atoms with Crippen LogP contribution in [0.2, 0.25) is 0 Å². The maximum Gasteiger partial charge on any atom is 0.293 e. The summed E-state index contributed by atoms with van der Waals surface area (Å²) in [5, 5.41) is 12.8. The lowest BCUT2D eigenvalue weighted by molar-refractivity contribution is 0.181. The van der Waals surface area contributed by atoms with Crippen LogP contribution in [0.5, 0.6) is 0 Å². The van der Waals surface area contributed by atoms with Gasteiger partial charge in [0.05, 0.1) is 16.6 Å². The van der Waals surface area contributed by atoms with E-state index >= 15 is 0 Å². The van der Waals surface area contributed by atoms with Crippen molar-refractivity contribution in [3.05, 3.63) is 70.0 Å². The van der Waals surface area contributed by atoms with Crippen molar-refractivity contribution >= 4 is 16.9 Å². The van der Waals surface area contributed by atoms with E-state index in [9.17, 15) is 18.7 Å². The van der Waals surface area contributed by atoms with Crippen LogP contribution in [-0.2, 0) is 6.54 Å². The van der Waals surface area contributed by atoms with Gasteiger partial charge in [-0.2, -0.15) is 0 Å². The van der Waals surface area contributed by atoms with E-state index < -0.39 is 23.3 Å². The molecule has 25 heavy (non-hydrogen) atoms. The molecule has 130 valence electrons. The van der Waals surface area contributed by atoms with Gasteiger partial charge < -0.3 is 15.0 Å². The zero-order chi connectivity index (χ0) is 18.0. The lowest BCUT2D eigenvalue weighted by atomic mass is 10.1. The van der Waals surface area contributed by atoms with E-state index in [1.165, 1.54) is 6.07 Å². The van der Waals surface area contributed by atoms with E-state index in [-0.39, 0.29) is 17.9 Å². The van der Waals surface area contributed by atoms with Gasteiger partial charge in [-0.25, -0.2) is 13.8 Å². The van der Waals surface area contributed by atoms with Crippen LogP contribution in [0.3, 0.4) is 0 Å². The first-order chi connectivity index (χ1) is 12.0. The SMILES string of the molecule is CCn1c(=O)c(NCC(O)c2c(F)cccc2F)nc2ccccc21. The van der Waals surface area contributed by atoms with Crippen LogP contribution >= 0.6 is 0 Å². The molecule has 0 aliphatic carbocycles. The van der Waals surface area contributed by atoms with Gasteiger partial charge in [-0.05, 0) is 31.2 Å². The fourth-order valence-corrected chi connectivity index (χ4v) is 2.75. The highest BCUT2D eigenvalue weighted by atomic mass is 19.1. The number of aryl methyl sites for hydroxylation is 1. The number of aliphatic hydroxyl groups excluding tert-OH is 1. The molecule has 0 bridgehead atoms. The molecule has 0 radical (unpaired) electrons. The zero-order valence-electron chi connectivity index (χ0n) is 13.5. The van der Waals surface area contributed by atoms with Crippen molar-refractivity contribution in [1.29, 1.82) is 0 Å². The predicted octanol–water partition coefficient (Wildman–Crippen LogP) is 2.84. The van der Waals surface area contributed by atoms with Crippen molar-refractivity contribution in [3.8, 4) is 0 Å². The summed E-state index contributed by atoms with van der Waals surface area (Å²) < 4.78 is 29.0. The van der Waals surface area contributed by atoms with Crippen LogP contribution in [0.25, 0.3) is 11.0 Å². The first-order valence-corrected chi connectivity index (χ1v) is 7.88. The Bertz CT molecular complexity index is 952. The minimum absolute atomic E-state index is 0.0244. The van der Waals surface area contributed by atoms with Crippen molar-refractivity contribution in [1.82, 2.24) is 9.55 Å². The van der Waals surface area contributed by atoms with Gasteiger partial charge in [0.2, 0.25) is 0 Å². The van der Waals surface area contributed by atoms with Crippen LogP contribution < -0.4 is 10.9 Å². The maximum absolute atomic E-state index is 13.7. The van der Waals surface area contributed by atoms with E-state index in [1.54, 1.807) is 22.8 Å². The Morgan fingerprint density at radius 3 is 2.52 bits per heavy atom. The smallest absolute Gasteiger partial charge is 0.293 e. The molecule has 2 N–H and O–H groups in total. The highest BCUT2D eigenvalue weighted by Gasteiger charge is 2.18. The van der Waals surface area contributed by atoms with Crippen LogP contribution in [0.4, 0.5) is 14.6 Å². The number of fused-ring (bicyclic) bond motifs is 1. The summed E-state index contributed by atoms with van der Waals surface area (Å²) >= 11 is 0. The van der Waals surface area contributed by atoms with Gasteiger partial charge in [0.15, 0.2) is 5.82 Å². The molecule has 2 aromatic carbocycles. The topological polar surface area (TPSA) is 67.2 Å². The minimum Gasteiger partial charge on any atom is -0.386 e. The van der Waals surface area contributed by atoms with Crippen molar-refractivity contribution in [3.63, 3.8) is 0 Å². The van der Waals surface area contributed by atoms with E-state index in [0.717, 1.165) is 12.1 Å². The van der Waals surface area contributed by atoms with Gasteiger partial charge >= 0.3 is 0 Å². The number of para-hydroxylation sites is 2. The number of nitrogens with zero attached hydrogens (tertiary/aromatic N) is 2. The Hall–Kier alpha value is -2.80. The Morgan fingerprint density at radius 1 is 1.16 bits per heavy atom. The molecule has 1 atom stereocenters. The molecule has 0 aliphatic rings. The quantitative estimate of drug-likeness (QED) is 0.746. The summed E-state index contributed by atoms with van der Waals surface area (Å²) in [5.74, 6) is -1.66. The first kappa shape index (κ1) is 17.0. The van der Waals surface area contributed by atoms with Crippen molar-refractivity contribution in [2.45, 2.75) is 19.6 Å². The first-order valence-electron chi connectivity index (χ1n) is 7.88. The molecule has 3 aromatic rings. The van der Waals surface area contributed by atoms with Crippen LogP contribution in [0.1, 0.15) is 18.6 Å². The predicted molar refractivity (Wildman–Crippen MR) is 91.5 cm³/mol. The maximum atomic E-state index is 13.7. The number of hydrogen-bond acceptors (Lipinski definition) is 4. The van der Waals surface area contributed by atoms with E-state index in [2.05, 4.69) is 10.3 Å². The van der Waals surface area contributed by atoms with Crippen molar-refractivity contribution in [2.24, 2.45) is 0 Å². The number of aliphatic hydroxyl groups is 1. The second kappa shape index (κ2) is 6.98. The Labute approximate surface area is 142 Å². The molecular weight excluding hydrogens is 328 g/mol. The van der Waals surface area contributed by atoms with Crippen LogP contribution in [-0.4, -0.2) is 21.2 Å². The van der Waals surface area contributed by atoms with Gasteiger partial charge in [0, 0.05) is 13.1 Å². The summed E-state index contributed by atoms with van der Waals surface area (Å²) in [6.45, 7) is 2.03. The monoisotopic (exact) mass is 345 g/mol. The number of halogens is 2. The number of hydrogen-bond donors (Lipinski definition) is 2. The second-order valence-corrected chi connectivity index (χ2v) is 5.53. The van der Waals surface area contributed by atoms with Gasteiger partial charge in [0.25, 0.3) is 5.56 Å². The molecule has 0 aliphatic heterocycles. The molecule has 1 aromatic heterocycles. The summed E-state index contributed by atoms with van der Waals surface area (Å²) in [5.41, 5.74) is 0.508. The minimum atomic E-state index is -1.45. The zero-order valence-corrected chi connectivity index (χ0v) is 13.5. The number of nitrogens with one attached hydrogen (secondary N) is 1. The third-order valence-electron chi connectivity index (χ3n) is 3.96. The average molecular weight is 345 g/mol. The molecule has 7 heteroatoms. The summed E-state index contributed by atoms with van der Waals surface area (Å²) in [6, 6.07) is 10.5. The number of aromatic nitrogens is 2. The van der Waals surface area contributed by atoms with Gasteiger partial charge in [-0.15, -0.1) is 0 Å². The molecular formula is C18H17F2N3O2. The summed E-state index contributed by atoms with van der Waals surface area (Å²) in [6.07, 6.45) is -1.45. The van der Waals surface area contributed by atoms with E-state index in [0.29, 0.717) is 17.6 Å². The molecule has 0 spiro atoms. The molecule has 1 unspecified atom stereocenters. The molecule has 0 saturated carbocycles. The number of anilines is 1. The highest BCUT2D eigenvalue weighted by molar-refractivity contribution is 5.76. The largest absolute Gasteiger partial charge is 0.386 e. The molecule has 1 heterocycles. The Morgan fingerprint density at radius 2 is 1.84 bits per heavy atom. The molecule has 3 rings (SSSR count). The van der Waals surface area contributed by atoms with E-state index in [1.807, 2.05) is 13.0 Å². The Balaban J connectivity index is 1.91. The number of benzene rings is 2. The molecule has 5 nitrogen and oxygen atoms in total. The van der Waals surface area contributed by atoms with Gasteiger partial charge in [0.1, 0.15) is 17.7 Å². The van der Waals surface area contributed by atoms with Crippen molar-refractivity contribution < 1.29 is 13.9 Å². The second-order valence-electron chi connectivity index (χ2n) is 5.53. The fraction of sp³-hybridized carbons (Fsp3) is 0.222. The third kappa shape index (κ3) is 3.23. The normalized spacial score (nSPS) is 12.3. The van der Waals surface area contributed by atoms with Crippen molar-refractivity contribution in [2.75, 3.05) is 11.9 Å². The summed E-state index contributed by atoms with van der Waals surface area (Å²) in [4.78, 5) is 16.8.